The molecule has 0 radical (unpaired) electrons. The second-order valence-corrected chi connectivity index (χ2v) is 5.89. The summed E-state index contributed by atoms with van der Waals surface area (Å²) in [5, 5.41) is 9.37. The molecule has 2 aromatic rings. The van der Waals surface area contributed by atoms with Crippen molar-refractivity contribution in [2.24, 2.45) is 0 Å². The van der Waals surface area contributed by atoms with Crippen LogP contribution in [0.2, 0.25) is 10.0 Å². The Morgan fingerprint density at radius 3 is 2.71 bits per heavy atom. The van der Waals surface area contributed by atoms with Crippen LogP contribution in [0, 0.1) is 0 Å². The first-order chi connectivity index (χ1) is 10.2. The molecule has 1 unspecified atom stereocenters. The predicted molar refractivity (Wildman–Crippen MR) is 89.1 cm³/mol. The highest BCUT2D eigenvalue weighted by Crippen LogP contribution is 2.29. The number of nitrogens with zero attached hydrogens (tertiary/aromatic N) is 2. The molecule has 0 aliphatic heterocycles. The summed E-state index contributed by atoms with van der Waals surface area (Å²) in [6.45, 7) is 6.04. The van der Waals surface area contributed by atoms with Gasteiger partial charge in [0.25, 0.3) is 0 Å². The Bertz CT molecular complexity index is 581. The monoisotopic (exact) mass is 325 g/mol. The minimum atomic E-state index is 0.00481. The average molecular weight is 326 g/mol. The molecule has 1 aromatic heterocycles. The normalized spacial score (nSPS) is 12.6. The first-order valence-electron chi connectivity index (χ1n) is 7.37. The van der Waals surface area contributed by atoms with Crippen molar-refractivity contribution in [2.45, 2.75) is 39.3 Å². The van der Waals surface area contributed by atoms with E-state index in [-0.39, 0.29) is 6.04 Å². The number of aromatic nitrogens is 2. The fraction of sp³-hybridized carbons (Fsp3) is 0.438. The van der Waals surface area contributed by atoms with Crippen molar-refractivity contribution in [1.82, 2.24) is 15.1 Å². The van der Waals surface area contributed by atoms with Gasteiger partial charge in [-0.2, -0.15) is 5.10 Å². The first kappa shape index (κ1) is 16.3. The zero-order chi connectivity index (χ0) is 15.2. The SMILES string of the molecule is CCCNC(c1cccc(Cl)c1)c1c(Cl)cnn1CCC. The van der Waals surface area contributed by atoms with Gasteiger partial charge in [0.1, 0.15) is 0 Å². The number of nitrogens with one attached hydrogen (secondary N) is 1. The van der Waals surface area contributed by atoms with E-state index in [1.54, 1.807) is 6.20 Å². The molecule has 21 heavy (non-hydrogen) atoms. The minimum absolute atomic E-state index is 0.00481. The van der Waals surface area contributed by atoms with E-state index >= 15 is 0 Å². The van der Waals surface area contributed by atoms with Crippen LogP contribution < -0.4 is 5.32 Å². The maximum absolute atomic E-state index is 6.39. The highest BCUT2D eigenvalue weighted by atomic mass is 35.5. The minimum Gasteiger partial charge on any atom is -0.305 e. The third-order valence-corrected chi connectivity index (χ3v) is 3.85. The summed E-state index contributed by atoms with van der Waals surface area (Å²) in [5.74, 6) is 0. The van der Waals surface area contributed by atoms with Crippen LogP contribution in [-0.2, 0) is 6.54 Å². The molecule has 0 saturated carbocycles. The second-order valence-electron chi connectivity index (χ2n) is 5.04. The molecular formula is C16H21Cl2N3. The molecule has 1 N–H and O–H groups in total. The van der Waals surface area contributed by atoms with Crippen molar-refractivity contribution in [3.05, 3.63) is 51.8 Å². The number of rotatable bonds is 7. The summed E-state index contributed by atoms with van der Waals surface area (Å²) < 4.78 is 1.98. The zero-order valence-electron chi connectivity index (χ0n) is 12.4. The fourth-order valence-corrected chi connectivity index (χ4v) is 2.85. The highest BCUT2D eigenvalue weighted by Gasteiger charge is 2.21. The molecule has 1 atom stereocenters. The second kappa shape index (κ2) is 7.83. The molecule has 5 heteroatoms. The molecule has 0 amide bonds. The van der Waals surface area contributed by atoms with E-state index in [0.717, 1.165) is 42.2 Å². The Kier molecular flexibility index (Phi) is 6.09. The molecule has 0 aliphatic rings. The van der Waals surface area contributed by atoms with Crippen molar-refractivity contribution in [3.8, 4) is 0 Å². The number of aryl methyl sites for hydroxylation is 1. The van der Waals surface area contributed by atoms with E-state index in [1.165, 1.54) is 0 Å². The molecular weight excluding hydrogens is 305 g/mol. The molecule has 0 spiro atoms. The van der Waals surface area contributed by atoms with Gasteiger partial charge in [-0.05, 0) is 37.1 Å². The van der Waals surface area contributed by atoms with Crippen LogP contribution in [-0.4, -0.2) is 16.3 Å². The van der Waals surface area contributed by atoms with E-state index in [1.807, 2.05) is 22.9 Å². The third kappa shape index (κ3) is 4.00. The smallest absolute Gasteiger partial charge is 0.0837 e. The molecule has 2 rings (SSSR count). The Balaban J connectivity index is 2.42. The van der Waals surface area contributed by atoms with Crippen LogP contribution in [0.5, 0.6) is 0 Å². The first-order valence-corrected chi connectivity index (χ1v) is 8.13. The highest BCUT2D eigenvalue weighted by molar-refractivity contribution is 6.31. The number of hydrogen-bond acceptors (Lipinski definition) is 2. The van der Waals surface area contributed by atoms with Crippen LogP contribution in [0.15, 0.2) is 30.5 Å². The van der Waals surface area contributed by atoms with Gasteiger partial charge in [0.15, 0.2) is 0 Å². The van der Waals surface area contributed by atoms with Gasteiger partial charge in [-0.1, -0.05) is 49.2 Å². The molecule has 0 aliphatic carbocycles. The molecule has 0 bridgehead atoms. The van der Waals surface area contributed by atoms with Crippen molar-refractivity contribution in [3.63, 3.8) is 0 Å². The van der Waals surface area contributed by atoms with Crippen molar-refractivity contribution in [2.75, 3.05) is 6.54 Å². The Labute approximate surface area is 136 Å². The summed E-state index contributed by atoms with van der Waals surface area (Å²) in [7, 11) is 0. The summed E-state index contributed by atoms with van der Waals surface area (Å²) in [4.78, 5) is 0. The Morgan fingerprint density at radius 1 is 1.24 bits per heavy atom. The van der Waals surface area contributed by atoms with Gasteiger partial charge in [-0.3, -0.25) is 4.68 Å². The van der Waals surface area contributed by atoms with Gasteiger partial charge >= 0.3 is 0 Å². The van der Waals surface area contributed by atoms with Crippen molar-refractivity contribution < 1.29 is 0 Å². The van der Waals surface area contributed by atoms with Crippen LogP contribution in [0.25, 0.3) is 0 Å². The van der Waals surface area contributed by atoms with E-state index in [9.17, 15) is 0 Å². The lowest BCUT2D eigenvalue weighted by molar-refractivity contribution is 0.512. The Hall–Kier alpha value is -1.03. The number of halogens is 2. The standard InChI is InChI=1S/C16H21Cl2N3/c1-3-8-19-15(12-6-5-7-13(17)10-12)16-14(18)11-20-21(16)9-4-2/h5-7,10-11,15,19H,3-4,8-9H2,1-2H3. The predicted octanol–water partition coefficient (Wildman–Crippen LogP) is 4.69. The van der Waals surface area contributed by atoms with Gasteiger partial charge in [0, 0.05) is 11.6 Å². The molecule has 0 saturated heterocycles. The fourth-order valence-electron chi connectivity index (χ4n) is 2.40. The third-order valence-electron chi connectivity index (χ3n) is 3.32. The van der Waals surface area contributed by atoms with Gasteiger partial charge in [0.2, 0.25) is 0 Å². The lowest BCUT2D eigenvalue weighted by Crippen LogP contribution is -2.26. The summed E-state index contributed by atoms with van der Waals surface area (Å²) in [5.41, 5.74) is 2.12. The van der Waals surface area contributed by atoms with Crippen LogP contribution >= 0.6 is 23.2 Å². The summed E-state index contributed by atoms with van der Waals surface area (Å²) in [6.07, 6.45) is 3.79. The van der Waals surface area contributed by atoms with Crippen LogP contribution in [0.4, 0.5) is 0 Å². The maximum atomic E-state index is 6.39. The number of hydrogen-bond donors (Lipinski definition) is 1. The van der Waals surface area contributed by atoms with Crippen molar-refractivity contribution in [1.29, 1.82) is 0 Å². The Morgan fingerprint density at radius 2 is 2.05 bits per heavy atom. The zero-order valence-corrected chi connectivity index (χ0v) is 14.0. The van der Waals surface area contributed by atoms with Gasteiger partial charge in [-0.25, -0.2) is 0 Å². The van der Waals surface area contributed by atoms with Gasteiger partial charge in [0.05, 0.1) is 23.0 Å². The van der Waals surface area contributed by atoms with E-state index < -0.39 is 0 Å². The van der Waals surface area contributed by atoms with E-state index in [4.69, 9.17) is 23.2 Å². The summed E-state index contributed by atoms with van der Waals surface area (Å²) in [6, 6.07) is 7.90. The van der Waals surface area contributed by atoms with Gasteiger partial charge in [-0.15, -0.1) is 0 Å². The van der Waals surface area contributed by atoms with Gasteiger partial charge < -0.3 is 5.32 Å². The number of benzene rings is 1. The molecule has 1 heterocycles. The topological polar surface area (TPSA) is 29.9 Å². The molecule has 114 valence electrons. The van der Waals surface area contributed by atoms with Crippen molar-refractivity contribution >= 4 is 23.2 Å². The molecule has 0 fully saturated rings. The van der Waals surface area contributed by atoms with E-state index in [2.05, 4.69) is 30.3 Å². The largest absolute Gasteiger partial charge is 0.305 e. The van der Waals surface area contributed by atoms with E-state index in [0.29, 0.717) is 5.02 Å². The maximum Gasteiger partial charge on any atom is 0.0837 e. The molecule has 3 nitrogen and oxygen atoms in total. The lowest BCUT2D eigenvalue weighted by Gasteiger charge is -2.21. The van der Waals surface area contributed by atoms with Crippen LogP contribution in [0.3, 0.4) is 0 Å². The summed E-state index contributed by atoms with van der Waals surface area (Å²) >= 11 is 12.5. The molecule has 1 aromatic carbocycles. The van der Waals surface area contributed by atoms with Crippen LogP contribution in [0.1, 0.15) is 44.0 Å². The lowest BCUT2D eigenvalue weighted by atomic mass is 10.0. The quantitative estimate of drug-likeness (QED) is 0.800. The average Bonchev–Trinajstić information content (AvgIpc) is 2.82.